The molecule has 2 aromatic rings. The molecule has 2 aromatic carbocycles. The van der Waals surface area contributed by atoms with E-state index in [1.54, 1.807) is 0 Å². The first-order valence-electron chi connectivity index (χ1n) is 10.7. The van der Waals surface area contributed by atoms with Crippen LogP contribution in [0, 0.1) is 5.41 Å². The van der Waals surface area contributed by atoms with Gasteiger partial charge in [-0.3, -0.25) is 0 Å². The highest BCUT2D eigenvalue weighted by Gasteiger charge is 2.51. The summed E-state index contributed by atoms with van der Waals surface area (Å²) in [5.74, 6) is 0.262. The van der Waals surface area contributed by atoms with Gasteiger partial charge in [-0.05, 0) is 30.0 Å². The molecule has 2 atom stereocenters. The molecular formula is C25H28O6. The van der Waals surface area contributed by atoms with Crippen LogP contribution in [0.15, 0.2) is 48.5 Å². The third-order valence-electron chi connectivity index (χ3n) is 6.07. The van der Waals surface area contributed by atoms with Crippen LogP contribution in [-0.4, -0.2) is 30.3 Å². The van der Waals surface area contributed by atoms with Gasteiger partial charge in [0.1, 0.15) is 24.7 Å². The van der Waals surface area contributed by atoms with Gasteiger partial charge >= 0.3 is 11.9 Å². The highest BCUT2D eigenvalue weighted by atomic mass is 16.6. The molecule has 2 aliphatic rings. The molecule has 4 rings (SSSR count). The molecule has 0 N–H and O–H groups in total. The summed E-state index contributed by atoms with van der Waals surface area (Å²) in [7, 11) is 0. The van der Waals surface area contributed by atoms with E-state index in [4.69, 9.17) is 18.9 Å². The number of carbonyl (C=O) groups excluding carboxylic acids is 2. The SMILES string of the molecule is CC[C@]1(C(=O)O[C@H]2C(=O)OCC2(C)C)CCc2ccc(OCc3ccccc3)cc2O1. The van der Waals surface area contributed by atoms with Gasteiger partial charge in [0.2, 0.25) is 11.7 Å². The second-order valence-electron chi connectivity index (χ2n) is 8.88. The minimum absolute atomic E-state index is 0.231. The molecule has 0 aromatic heterocycles. The van der Waals surface area contributed by atoms with Crippen LogP contribution in [0.25, 0.3) is 0 Å². The third-order valence-corrected chi connectivity index (χ3v) is 6.07. The van der Waals surface area contributed by atoms with Gasteiger partial charge in [0.25, 0.3) is 0 Å². The van der Waals surface area contributed by atoms with Gasteiger partial charge in [0, 0.05) is 17.9 Å². The zero-order chi connectivity index (χ0) is 22.1. The molecule has 0 aliphatic carbocycles. The van der Waals surface area contributed by atoms with Gasteiger partial charge < -0.3 is 18.9 Å². The summed E-state index contributed by atoms with van der Waals surface area (Å²) in [6.07, 6.45) is 0.675. The van der Waals surface area contributed by atoms with E-state index < -0.39 is 29.1 Å². The van der Waals surface area contributed by atoms with E-state index in [-0.39, 0.29) is 6.61 Å². The maximum atomic E-state index is 13.2. The van der Waals surface area contributed by atoms with Gasteiger partial charge in [0.15, 0.2) is 0 Å². The standard InChI is InChI=1S/C25H28O6/c1-4-25(23(27)30-21-22(26)29-16-24(21,2)3)13-12-18-10-11-19(14-20(18)31-25)28-15-17-8-6-5-7-9-17/h5-11,14,21H,4,12-13,15-16H2,1-3H3/t21-,25+/m0/s1. The molecule has 6 nitrogen and oxygen atoms in total. The molecule has 31 heavy (non-hydrogen) atoms. The number of rotatable bonds is 6. The number of hydrogen-bond donors (Lipinski definition) is 0. The molecule has 1 fully saturated rings. The molecule has 2 heterocycles. The van der Waals surface area contributed by atoms with Gasteiger partial charge in [0.05, 0.1) is 0 Å². The van der Waals surface area contributed by atoms with Crippen molar-refractivity contribution in [2.24, 2.45) is 5.41 Å². The van der Waals surface area contributed by atoms with Crippen molar-refractivity contribution < 1.29 is 28.5 Å². The van der Waals surface area contributed by atoms with Gasteiger partial charge in [-0.1, -0.05) is 57.2 Å². The van der Waals surface area contributed by atoms with E-state index in [1.165, 1.54) is 0 Å². The van der Waals surface area contributed by atoms with Crippen molar-refractivity contribution in [3.8, 4) is 11.5 Å². The van der Waals surface area contributed by atoms with Gasteiger partial charge in [-0.2, -0.15) is 0 Å². The van der Waals surface area contributed by atoms with E-state index in [0.717, 1.165) is 11.1 Å². The van der Waals surface area contributed by atoms with Crippen LogP contribution in [0.5, 0.6) is 11.5 Å². The Morgan fingerprint density at radius 2 is 1.94 bits per heavy atom. The second-order valence-corrected chi connectivity index (χ2v) is 8.88. The predicted molar refractivity (Wildman–Crippen MR) is 114 cm³/mol. The number of benzene rings is 2. The monoisotopic (exact) mass is 424 g/mol. The third kappa shape index (κ3) is 4.24. The fraction of sp³-hybridized carbons (Fsp3) is 0.440. The molecule has 0 amide bonds. The fourth-order valence-electron chi connectivity index (χ4n) is 3.95. The maximum absolute atomic E-state index is 13.2. The Labute approximate surface area is 182 Å². The summed E-state index contributed by atoms with van der Waals surface area (Å²) in [6.45, 7) is 6.26. The second kappa shape index (κ2) is 8.25. The number of esters is 2. The van der Waals surface area contributed by atoms with Crippen molar-refractivity contribution in [3.63, 3.8) is 0 Å². The largest absolute Gasteiger partial charge is 0.489 e. The minimum atomic E-state index is -1.13. The summed E-state index contributed by atoms with van der Waals surface area (Å²) in [5, 5.41) is 0. The lowest BCUT2D eigenvalue weighted by Crippen LogP contribution is -2.50. The maximum Gasteiger partial charge on any atom is 0.351 e. The number of aryl methyl sites for hydroxylation is 1. The molecule has 0 unspecified atom stereocenters. The molecule has 6 heteroatoms. The van der Waals surface area contributed by atoms with Crippen LogP contribution >= 0.6 is 0 Å². The number of fused-ring (bicyclic) bond motifs is 1. The smallest absolute Gasteiger partial charge is 0.351 e. The lowest BCUT2D eigenvalue weighted by Gasteiger charge is -2.37. The Kier molecular flexibility index (Phi) is 5.65. The van der Waals surface area contributed by atoms with Crippen molar-refractivity contribution in [1.82, 2.24) is 0 Å². The minimum Gasteiger partial charge on any atom is -0.489 e. The summed E-state index contributed by atoms with van der Waals surface area (Å²) in [4.78, 5) is 25.2. The highest BCUT2D eigenvalue weighted by Crippen LogP contribution is 2.40. The lowest BCUT2D eigenvalue weighted by molar-refractivity contribution is -0.178. The number of cyclic esters (lactones) is 1. The van der Waals surface area contributed by atoms with Crippen LogP contribution < -0.4 is 9.47 Å². The Morgan fingerprint density at radius 1 is 1.16 bits per heavy atom. The van der Waals surface area contributed by atoms with Crippen LogP contribution in [-0.2, 0) is 32.1 Å². The molecule has 0 bridgehead atoms. The summed E-state index contributed by atoms with van der Waals surface area (Å²) in [6, 6.07) is 15.6. The predicted octanol–water partition coefficient (Wildman–Crippen LogP) is 4.23. The summed E-state index contributed by atoms with van der Waals surface area (Å²) < 4.78 is 22.9. The van der Waals surface area contributed by atoms with Crippen LogP contribution in [0.2, 0.25) is 0 Å². The number of hydrogen-bond acceptors (Lipinski definition) is 6. The van der Waals surface area contributed by atoms with E-state index in [1.807, 2.05) is 69.3 Å². The molecule has 0 saturated carbocycles. The van der Waals surface area contributed by atoms with Crippen LogP contribution in [0.4, 0.5) is 0 Å². The van der Waals surface area contributed by atoms with Crippen molar-refractivity contribution in [1.29, 1.82) is 0 Å². The average Bonchev–Trinajstić information content (AvgIpc) is 3.04. The Balaban J connectivity index is 1.49. The van der Waals surface area contributed by atoms with E-state index in [9.17, 15) is 9.59 Å². The zero-order valence-corrected chi connectivity index (χ0v) is 18.2. The number of carbonyl (C=O) groups is 2. The normalized spacial score (nSPS) is 24.0. The first-order chi connectivity index (χ1) is 14.8. The lowest BCUT2D eigenvalue weighted by atomic mass is 9.87. The van der Waals surface area contributed by atoms with Crippen molar-refractivity contribution >= 4 is 11.9 Å². The summed E-state index contributed by atoms with van der Waals surface area (Å²) in [5.41, 5.74) is 0.389. The number of ether oxygens (including phenoxy) is 4. The molecule has 0 radical (unpaired) electrons. The van der Waals surface area contributed by atoms with E-state index in [0.29, 0.717) is 37.4 Å². The zero-order valence-electron chi connectivity index (χ0n) is 18.2. The molecule has 0 spiro atoms. The molecule has 2 aliphatic heterocycles. The van der Waals surface area contributed by atoms with Gasteiger partial charge in [-0.25, -0.2) is 9.59 Å². The first kappa shape index (κ1) is 21.2. The van der Waals surface area contributed by atoms with Crippen molar-refractivity contribution in [2.75, 3.05) is 6.61 Å². The first-order valence-corrected chi connectivity index (χ1v) is 10.7. The topological polar surface area (TPSA) is 71.1 Å². The quantitative estimate of drug-likeness (QED) is 0.646. The van der Waals surface area contributed by atoms with Crippen molar-refractivity contribution in [2.45, 2.75) is 58.3 Å². The van der Waals surface area contributed by atoms with E-state index >= 15 is 0 Å². The van der Waals surface area contributed by atoms with Crippen LogP contribution in [0.3, 0.4) is 0 Å². The van der Waals surface area contributed by atoms with Gasteiger partial charge in [-0.15, -0.1) is 0 Å². The van der Waals surface area contributed by atoms with E-state index in [2.05, 4.69) is 0 Å². The fourth-order valence-corrected chi connectivity index (χ4v) is 3.95. The Bertz CT molecular complexity index is 967. The Hall–Kier alpha value is -3.02. The Morgan fingerprint density at radius 3 is 2.61 bits per heavy atom. The highest BCUT2D eigenvalue weighted by molar-refractivity contribution is 5.86. The van der Waals surface area contributed by atoms with Crippen LogP contribution in [0.1, 0.15) is 44.7 Å². The summed E-state index contributed by atoms with van der Waals surface area (Å²) >= 11 is 0. The average molecular weight is 424 g/mol. The van der Waals surface area contributed by atoms with Crippen molar-refractivity contribution in [3.05, 3.63) is 59.7 Å². The molecule has 1 saturated heterocycles. The molecule has 164 valence electrons. The molecular weight excluding hydrogens is 396 g/mol.